The Morgan fingerprint density at radius 2 is 2.17 bits per heavy atom. The van der Waals surface area contributed by atoms with E-state index in [1.165, 1.54) is 19.4 Å². The summed E-state index contributed by atoms with van der Waals surface area (Å²) in [6.45, 7) is 5.63. The molecule has 5 heteroatoms. The maximum atomic E-state index is 12.4. The second kappa shape index (κ2) is 7.84. The van der Waals surface area contributed by atoms with Crippen molar-refractivity contribution in [1.29, 1.82) is 5.26 Å². The van der Waals surface area contributed by atoms with E-state index in [1.54, 1.807) is 37.3 Å². The summed E-state index contributed by atoms with van der Waals surface area (Å²) in [6, 6.07) is 8.65. The van der Waals surface area contributed by atoms with Gasteiger partial charge in [0.2, 0.25) is 5.78 Å². The van der Waals surface area contributed by atoms with Crippen LogP contribution < -0.4 is 9.47 Å². The molecule has 0 saturated carbocycles. The molecule has 5 nitrogen and oxygen atoms in total. The van der Waals surface area contributed by atoms with Gasteiger partial charge in [-0.2, -0.15) is 5.26 Å². The van der Waals surface area contributed by atoms with Crippen molar-refractivity contribution in [1.82, 2.24) is 0 Å². The Labute approximate surface area is 140 Å². The first-order valence-corrected chi connectivity index (χ1v) is 7.23. The second-order valence-corrected chi connectivity index (χ2v) is 4.90. The lowest BCUT2D eigenvalue weighted by Crippen LogP contribution is -2.02. The summed E-state index contributed by atoms with van der Waals surface area (Å²) in [5.41, 5.74) is 1.05. The molecule has 1 aromatic carbocycles. The van der Waals surface area contributed by atoms with Crippen molar-refractivity contribution in [2.24, 2.45) is 0 Å². The van der Waals surface area contributed by atoms with Gasteiger partial charge in [0.05, 0.1) is 18.9 Å². The molecule has 1 heterocycles. The van der Waals surface area contributed by atoms with Crippen molar-refractivity contribution in [3.8, 4) is 17.6 Å². The molecule has 122 valence electrons. The number of allylic oxidation sites excluding steroid dienone is 1. The van der Waals surface area contributed by atoms with E-state index >= 15 is 0 Å². The first-order valence-electron chi connectivity index (χ1n) is 7.23. The maximum Gasteiger partial charge on any atom is 0.207 e. The molecule has 0 fully saturated rings. The molecule has 0 unspecified atom stereocenters. The smallest absolute Gasteiger partial charge is 0.207 e. The van der Waals surface area contributed by atoms with Crippen LogP contribution in [0.1, 0.15) is 21.7 Å². The second-order valence-electron chi connectivity index (χ2n) is 4.90. The number of nitriles is 1. The van der Waals surface area contributed by atoms with Crippen LogP contribution in [0.25, 0.3) is 6.08 Å². The van der Waals surface area contributed by atoms with Gasteiger partial charge in [-0.3, -0.25) is 4.79 Å². The third kappa shape index (κ3) is 3.73. The SMILES string of the molecule is C=CCOc1ccc(/C=C(\C#N)C(=O)c2ccoc2C)cc1OC. The molecule has 0 amide bonds. The number of methoxy groups -OCH3 is 1. The molecule has 0 N–H and O–H groups in total. The van der Waals surface area contributed by atoms with Crippen molar-refractivity contribution in [3.05, 3.63) is 65.6 Å². The van der Waals surface area contributed by atoms with Gasteiger partial charge in [0.25, 0.3) is 0 Å². The lowest BCUT2D eigenvalue weighted by molar-refractivity contribution is 0.103. The Bertz CT molecular complexity index is 824. The molecule has 2 rings (SSSR count). The molecule has 0 aliphatic rings. The Balaban J connectivity index is 2.34. The van der Waals surface area contributed by atoms with E-state index in [9.17, 15) is 10.1 Å². The summed E-state index contributed by atoms with van der Waals surface area (Å²) in [5, 5.41) is 9.31. The summed E-state index contributed by atoms with van der Waals surface area (Å²) in [7, 11) is 1.52. The number of hydrogen-bond acceptors (Lipinski definition) is 5. The number of furan rings is 1. The van der Waals surface area contributed by atoms with E-state index in [4.69, 9.17) is 13.9 Å². The molecular formula is C19H17NO4. The molecule has 0 bridgehead atoms. The summed E-state index contributed by atoms with van der Waals surface area (Å²) in [4.78, 5) is 12.4. The number of hydrogen-bond donors (Lipinski definition) is 0. The van der Waals surface area contributed by atoms with Gasteiger partial charge in [-0.05, 0) is 36.8 Å². The lowest BCUT2D eigenvalue weighted by Gasteiger charge is -2.10. The zero-order chi connectivity index (χ0) is 17.5. The molecule has 0 aliphatic heterocycles. The molecule has 0 aliphatic carbocycles. The van der Waals surface area contributed by atoms with Crippen LogP contribution in [0.5, 0.6) is 11.5 Å². The molecule has 0 saturated heterocycles. The van der Waals surface area contributed by atoms with E-state index in [-0.39, 0.29) is 11.4 Å². The van der Waals surface area contributed by atoms with Crippen LogP contribution in [0.2, 0.25) is 0 Å². The number of carbonyl (C=O) groups is 1. The third-order valence-corrected chi connectivity index (χ3v) is 3.32. The largest absolute Gasteiger partial charge is 0.493 e. The maximum absolute atomic E-state index is 12.4. The molecule has 1 aromatic heterocycles. The molecule has 0 radical (unpaired) electrons. The highest BCUT2D eigenvalue weighted by Gasteiger charge is 2.16. The van der Waals surface area contributed by atoms with Crippen LogP contribution in [0.3, 0.4) is 0 Å². The molecule has 0 spiro atoms. The van der Waals surface area contributed by atoms with Crippen molar-refractivity contribution in [2.45, 2.75) is 6.92 Å². The molecule has 2 aromatic rings. The van der Waals surface area contributed by atoms with Crippen molar-refractivity contribution < 1.29 is 18.7 Å². The van der Waals surface area contributed by atoms with Crippen LogP contribution in [-0.4, -0.2) is 19.5 Å². The number of carbonyl (C=O) groups excluding carboxylic acids is 1. The monoisotopic (exact) mass is 323 g/mol. The Morgan fingerprint density at radius 1 is 1.38 bits per heavy atom. The Hall–Kier alpha value is -3.26. The van der Waals surface area contributed by atoms with Crippen LogP contribution in [0.15, 0.2) is 53.2 Å². The molecule has 24 heavy (non-hydrogen) atoms. The van der Waals surface area contributed by atoms with Gasteiger partial charge in [-0.15, -0.1) is 0 Å². The van der Waals surface area contributed by atoms with E-state index in [1.807, 2.05) is 6.07 Å². The highest BCUT2D eigenvalue weighted by atomic mass is 16.5. The molecule has 0 atom stereocenters. The standard InChI is InChI=1S/C19H17NO4/c1-4-8-24-17-6-5-14(11-18(17)22-3)10-15(12-20)19(21)16-7-9-23-13(16)2/h4-7,9-11H,1,8H2,2-3H3/b15-10+. The van der Waals surface area contributed by atoms with Gasteiger partial charge in [0.15, 0.2) is 11.5 Å². The predicted molar refractivity (Wildman–Crippen MR) is 90.1 cm³/mol. The summed E-state index contributed by atoms with van der Waals surface area (Å²) < 4.78 is 15.9. The number of ether oxygens (including phenoxy) is 2. The van der Waals surface area contributed by atoms with Gasteiger partial charge in [-0.25, -0.2) is 0 Å². The van der Waals surface area contributed by atoms with Gasteiger partial charge in [0.1, 0.15) is 24.0 Å². The first-order chi connectivity index (χ1) is 11.6. The topological polar surface area (TPSA) is 72.5 Å². The highest BCUT2D eigenvalue weighted by molar-refractivity contribution is 6.14. The number of benzene rings is 1. The third-order valence-electron chi connectivity index (χ3n) is 3.32. The van der Waals surface area contributed by atoms with Crippen LogP contribution >= 0.6 is 0 Å². The Kier molecular flexibility index (Phi) is 5.58. The van der Waals surface area contributed by atoms with Crippen LogP contribution in [-0.2, 0) is 0 Å². The predicted octanol–water partition coefficient (Wildman–Crippen LogP) is 3.95. The average Bonchev–Trinajstić information content (AvgIpc) is 3.03. The van der Waals surface area contributed by atoms with Gasteiger partial charge >= 0.3 is 0 Å². The number of rotatable bonds is 7. The van der Waals surface area contributed by atoms with Crippen LogP contribution in [0.4, 0.5) is 0 Å². The van der Waals surface area contributed by atoms with E-state index in [0.717, 1.165) is 0 Å². The number of ketones is 1. The van der Waals surface area contributed by atoms with Gasteiger partial charge in [0, 0.05) is 0 Å². The van der Waals surface area contributed by atoms with E-state index in [2.05, 4.69) is 6.58 Å². The van der Waals surface area contributed by atoms with E-state index in [0.29, 0.717) is 35.0 Å². The minimum absolute atomic E-state index is 0.0151. The minimum Gasteiger partial charge on any atom is -0.493 e. The quantitative estimate of drug-likeness (QED) is 0.334. The number of Topliss-reactive ketones (excluding diaryl/α,β-unsaturated/α-hetero) is 1. The summed E-state index contributed by atoms with van der Waals surface area (Å²) in [5.74, 6) is 1.17. The fourth-order valence-electron chi connectivity index (χ4n) is 2.12. The summed E-state index contributed by atoms with van der Waals surface area (Å²) >= 11 is 0. The average molecular weight is 323 g/mol. The normalized spacial score (nSPS) is 10.8. The van der Waals surface area contributed by atoms with Gasteiger partial charge in [-0.1, -0.05) is 18.7 Å². The lowest BCUT2D eigenvalue weighted by atomic mass is 10.0. The van der Waals surface area contributed by atoms with Crippen LogP contribution in [0, 0.1) is 18.3 Å². The zero-order valence-electron chi connectivity index (χ0n) is 13.5. The van der Waals surface area contributed by atoms with Crippen molar-refractivity contribution >= 4 is 11.9 Å². The highest BCUT2D eigenvalue weighted by Crippen LogP contribution is 2.29. The number of aryl methyl sites for hydroxylation is 1. The van der Waals surface area contributed by atoms with Crippen molar-refractivity contribution in [3.63, 3.8) is 0 Å². The zero-order valence-corrected chi connectivity index (χ0v) is 13.5. The molecular weight excluding hydrogens is 306 g/mol. The first kappa shape index (κ1) is 17.1. The van der Waals surface area contributed by atoms with Gasteiger partial charge < -0.3 is 13.9 Å². The minimum atomic E-state index is -0.380. The summed E-state index contributed by atoms with van der Waals surface area (Å²) in [6.07, 6.45) is 4.56. The number of nitrogens with zero attached hydrogens (tertiary/aromatic N) is 1. The fourth-order valence-corrected chi connectivity index (χ4v) is 2.12. The Morgan fingerprint density at radius 3 is 2.75 bits per heavy atom. The fraction of sp³-hybridized carbons (Fsp3) is 0.158. The van der Waals surface area contributed by atoms with Crippen molar-refractivity contribution in [2.75, 3.05) is 13.7 Å². The van der Waals surface area contributed by atoms with E-state index < -0.39 is 0 Å².